The molecule has 4 unspecified atom stereocenters. The van der Waals surface area contributed by atoms with Crippen LogP contribution in [0.2, 0.25) is 0 Å². The van der Waals surface area contributed by atoms with Crippen molar-refractivity contribution in [3.05, 3.63) is 0 Å². The van der Waals surface area contributed by atoms with Gasteiger partial charge >= 0.3 is 0 Å². The maximum Gasteiger partial charge on any atom is 0.108 e. The lowest BCUT2D eigenvalue weighted by Crippen LogP contribution is -2.52. The van der Waals surface area contributed by atoms with E-state index >= 15 is 0 Å². The van der Waals surface area contributed by atoms with Crippen molar-refractivity contribution in [3.8, 4) is 6.07 Å². The number of nitriles is 1. The fourth-order valence-corrected chi connectivity index (χ4v) is 3.38. The van der Waals surface area contributed by atoms with Crippen LogP contribution in [0.25, 0.3) is 0 Å². The van der Waals surface area contributed by atoms with Crippen molar-refractivity contribution < 1.29 is 4.74 Å². The van der Waals surface area contributed by atoms with Crippen LogP contribution in [-0.2, 0) is 4.74 Å². The van der Waals surface area contributed by atoms with Crippen LogP contribution < -0.4 is 5.32 Å². The van der Waals surface area contributed by atoms with Gasteiger partial charge in [-0.25, -0.2) is 0 Å². The van der Waals surface area contributed by atoms with E-state index in [1.807, 2.05) is 0 Å². The Labute approximate surface area is 110 Å². The summed E-state index contributed by atoms with van der Waals surface area (Å²) in [5, 5.41) is 12.8. The van der Waals surface area contributed by atoms with Crippen molar-refractivity contribution in [1.29, 1.82) is 5.26 Å². The molecule has 2 rings (SSSR count). The van der Waals surface area contributed by atoms with Crippen molar-refractivity contribution in [3.63, 3.8) is 0 Å². The number of rotatable bonds is 3. The largest absolute Gasteiger partial charge is 0.376 e. The average molecular weight is 251 g/mol. The molecule has 0 radical (unpaired) electrons. The van der Waals surface area contributed by atoms with Gasteiger partial charge in [0.15, 0.2) is 0 Å². The molecule has 1 heterocycles. The molecule has 102 valence electrons. The van der Waals surface area contributed by atoms with E-state index in [1.165, 1.54) is 0 Å². The zero-order valence-electron chi connectivity index (χ0n) is 11.8. The van der Waals surface area contributed by atoms with Crippen LogP contribution in [0.4, 0.5) is 0 Å². The van der Waals surface area contributed by atoms with Crippen LogP contribution in [0.1, 0.15) is 40.0 Å². The molecule has 0 bridgehead atoms. The van der Waals surface area contributed by atoms with Gasteiger partial charge in [0.25, 0.3) is 0 Å². The summed E-state index contributed by atoms with van der Waals surface area (Å²) in [6.45, 7) is 9.13. The molecule has 0 amide bonds. The van der Waals surface area contributed by atoms with Gasteiger partial charge in [-0.1, -0.05) is 6.92 Å². The Morgan fingerprint density at radius 1 is 1.50 bits per heavy atom. The molecule has 4 atom stereocenters. The fourth-order valence-electron chi connectivity index (χ4n) is 3.38. The van der Waals surface area contributed by atoms with Crippen molar-refractivity contribution in [2.24, 2.45) is 0 Å². The average Bonchev–Trinajstić information content (AvgIpc) is 2.78. The molecule has 0 spiro atoms. The zero-order chi connectivity index (χ0) is 13.2. The van der Waals surface area contributed by atoms with E-state index in [0.29, 0.717) is 18.2 Å². The lowest BCUT2D eigenvalue weighted by atomic mass is 9.98. The van der Waals surface area contributed by atoms with Crippen LogP contribution >= 0.6 is 0 Å². The minimum atomic E-state index is -0.291. The van der Waals surface area contributed by atoms with E-state index in [0.717, 1.165) is 39.0 Å². The quantitative estimate of drug-likeness (QED) is 0.826. The first kappa shape index (κ1) is 13.8. The summed E-state index contributed by atoms with van der Waals surface area (Å²) in [7, 11) is 0. The van der Waals surface area contributed by atoms with E-state index in [9.17, 15) is 5.26 Å². The van der Waals surface area contributed by atoms with Crippen molar-refractivity contribution in [2.75, 3.05) is 19.7 Å². The topological polar surface area (TPSA) is 48.3 Å². The number of hydrogen-bond donors (Lipinski definition) is 1. The molecule has 1 saturated carbocycles. The summed E-state index contributed by atoms with van der Waals surface area (Å²) in [5.74, 6) is 0. The summed E-state index contributed by atoms with van der Waals surface area (Å²) < 4.78 is 5.68. The zero-order valence-corrected chi connectivity index (χ0v) is 11.8. The maximum atomic E-state index is 9.43. The molecule has 18 heavy (non-hydrogen) atoms. The van der Waals surface area contributed by atoms with Gasteiger partial charge in [-0.2, -0.15) is 5.26 Å². The summed E-state index contributed by atoms with van der Waals surface area (Å²) in [6.07, 6.45) is 3.37. The Bertz CT molecular complexity index is 327. The normalized spacial score (nSPS) is 41.8. The maximum absolute atomic E-state index is 9.43. The standard InChI is InChI=1S/C14H25N3O/c1-4-16-14(10-15)6-5-13(7-14)17-8-12(3)18-9-11(17)2/h11-13,16H,4-9H2,1-3H3. The molecule has 2 fully saturated rings. The van der Waals surface area contributed by atoms with Gasteiger partial charge in [-0.05, 0) is 39.7 Å². The van der Waals surface area contributed by atoms with Crippen molar-refractivity contribution in [1.82, 2.24) is 10.2 Å². The van der Waals surface area contributed by atoms with Crippen molar-refractivity contribution in [2.45, 2.75) is 63.8 Å². The van der Waals surface area contributed by atoms with Gasteiger partial charge < -0.3 is 4.74 Å². The first-order valence-corrected chi connectivity index (χ1v) is 7.14. The third-order valence-electron chi connectivity index (χ3n) is 4.34. The number of ether oxygens (including phenoxy) is 1. The van der Waals surface area contributed by atoms with E-state index < -0.39 is 0 Å². The lowest BCUT2D eigenvalue weighted by molar-refractivity contribution is -0.0655. The first-order valence-electron chi connectivity index (χ1n) is 7.14. The van der Waals surface area contributed by atoms with E-state index in [1.54, 1.807) is 0 Å². The predicted octanol–water partition coefficient (Wildman–Crippen LogP) is 1.52. The van der Waals surface area contributed by atoms with E-state index in [4.69, 9.17) is 4.74 Å². The summed E-state index contributed by atoms with van der Waals surface area (Å²) in [5.41, 5.74) is -0.291. The van der Waals surface area contributed by atoms with Crippen LogP contribution in [0.15, 0.2) is 0 Å². The van der Waals surface area contributed by atoms with Gasteiger partial charge in [-0.3, -0.25) is 10.2 Å². The Morgan fingerprint density at radius 3 is 2.94 bits per heavy atom. The first-order chi connectivity index (χ1) is 8.60. The second-order valence-electron chi connectivity index (χ2n) is 5.81. The molecule has 0 aromatic heterocycles. The Kier molecular flexibility index (Phi) is 4.26. The lowest BCUT2D eigenvalue weighted by Gasteiger charge is -2.41. The van der Waals surface area contributed by atoms with E-state index in [-0.39, 0.29) is 5.54 Å². The van der Waals surface area contributed by atoms with Gasteiger partial charge in [0, 0.05) is 18.6 Å². The number of nitrogens with one attached hydrogen (secondary N) is 1. The molecule has 1 aliphatic carbocycles. The Balaban J connectivity index is 2.01. The van der Waals surface area contributed by atoms with Gasteiger partial charge in [0.2, 0.25) is 0 Å². The molecule has 4 heteroatoms. The van der Waals surface area contributed by atoms with Gasteiger partial charge in [0.1, 0.15) is 5.54 Å². The SMILES string of the molecule is CCNC1(C#N)CCC(N2CC(C)OCC2C)C1. The molecule has 1 N–H and O–H groups in total. The highest BCUT2D eigenvalue weighted by Crippen LogP contribution is 2.34. The predicted molar refractivity (Wildman–Crippen MR) is 71.2 cm³/mol. The smallest absolute Gasteiger partial charge is 0.108 e. The number of hydrogen-bond acceptors (Lipinski definition) is 4. The molecule has 4 nitrogen and oxygen atoms in total. The molecule has 2 aliphatic rings. The molecule has 1 aliphatic heterocycles. The van der Waals surface area contributed by atoms with Crippen LogP contribution in [0.5, 0.6) is 0 Å². The molecule has 1 saturated heterocycles. The second kappa shape index (κ2) is 5.56. The minimum absolute atomic E-state index is 0.291. The summed E-state index contributed by atoms with van der Waals surface area (Å²) in [6, 6.07) is 3.51. The monoisotopic (exact) mass is 251 g/mol. The van der Waals surface area contributed by atoms with Crippen LogP contribution in [-0.4, -0.2) is 48.3 Å². The minimum Gasteiger partial charge on any atom is -0.376 e. The summed E-state index contributed by atoms with van der Waals surface area (Å²) >= 11 is 0. The molecule has 0 aromatic rings. The molecule has 0 aromatic carbocycles. The van der Waals surface area contributed by atoms with Crippen LogP contribution in [0.3, 0.4) is 0 Å². The van der Waals surface area contributed by atoms with Crippen LogP contribution in [0, 0.1) is 11.3 Å². The van der Waals surface area contributed by atoms with Crippen molar-refractivity contribution >= 4 is 0 Å². The fraction of sp³-hybridized carbons (Fsp3) is 0.929. The van der Waals surface area contributed by atoms with Gasteiger partial charge in [0.05, 0.1) is 18.8 Å². The number of nitrogens with zero attached hydrogens (tertiary/aromatic N) is 2. The third-order valence-corrected chi connectivity index (χ3v) is 4.34. The summed E-state index contributed by atoms with van der Waals surface area (Å²) in [4.78, 5) is 2.55. The third kappa shape index (κ3) is 2.69. The second-order valence-corrected chi connectivity index (χ2v) is 5.81. The van der Waals surface area contributed by atoms with Gasteiger partial charge in [-0.15, -0.1) is 0 Å². The highest BCUT2D eigenvalue weighted by molar-refractivity contribution is 5.13. The highest BCUT2D eigenvalue weighted by atomic mass is 16.5. The number of morpholine rings is 1. The Hall–Kier alpha value is -0.630. The van der Waals surface area contributed by atoms with E-state index in [2.05, 4.69) is 37.1 Å². The Morgan fingerprint density at radius 2 is 2.28 bits per heavy atom. The molecular weight excluding hydrogens is 226 g/mol. The molecular formula is C14H25N3O. The highest BCUT2D eigenvalue weighted by Gasteiger charge is 2.43.